The summed E-state index contributed by atoms with van der Waals surface area (Å²) in [5.74, 6) is -0.738. The zero-order chi connectivity index (χ0) is 8.15. The molecule has 0 saturated carbocycles. The van der Waals surface area contributed by atoms with Gasteiger partial charge in [0.15, 0.2) is 0 Å². The maximum absolute atomic E-state index is 10.3. The molecule has 0 amide bonds. The normalized spacial score (nSPS) is 13.6. The smallest absolute Gasteiger partial charge is 0.317 e. The molecule has 0 bridgehead atoms. The van der Waals surface area contributed by atoms with Gasteiger partial charge in [-0.15, -0.1) is 0 Å². The number of hydrogen-bond donors (Lipinski definition) is 1. The molecule has 0 heterocycles. The predicted molar refractivity (Wildman–Crippen MR) is 47.4 cm³/mol. The van der Waals surface area contributed by atoms with Crippen LogP contribution in [0, 0.1) is 0 Å². The van der Waals surface area contributed by atoms with E-state index in [1.165, 1.54) is 10.8 Å². The maximum Gasteiger partial charge on any atom is 0.317 e. The van der Waals surface area contributed by atoms with Crippen LogP contribution >= 0.6 is 21.6 Å². The van der Waals surface area contributed by atoms with Crippen molar-refractivity contribution in [3.05, 3.63) is 0 Å². The SMILES string of the molecule is CC(C)SSC(C)C(=O)O. The fourth-order valence-electron chi connectivity index (χ4n) is 0.236. The third-order valence-electron chi connectivity index (χ3n) is 0.740. The summed E-state index contributed by atoms with van der Waals surface area (Å²) in [6, 6.07) is 0. The van der Waals surface area contributed by atoms with E-state index < -0.39 is 5.97 Å². The predicted octanol–water partition coefficient (Wildman–Crippen LogP) is 2.25. The fraction of sp³-hybridized carbons (Fsp3) is 0.833. The number of carboxylic acids is 1. The Morgan fingerprint density at radius 3 is 2.10 bits per heavy atom. The van der Waals surface area contributed by atoms with Crippen LogP contribution in [0.4, 0.5) is 0 Å². The van der Waals surface area contributed by atoms with Gasteiger partial charge in [0.05, 0.1) is 0 Å². The van der Waals surface area contributed by atoms with E-state index in [2.05, 4.69) is 0 Å². The highest BCUT2D eigenvalue weighted by atomic mass is 33.1. The molecule has 0 aromatic rings. The Labute approximate surface area is 69.2 Å². The van der Waals surface area contributed by atoms with Crippen LogP contribution in [0.2, 0.25) is 0 Å². The van der Waals surface area contributed by atoms with Gasteiger partial charge in [-0.2, -0.15) is 0 Å². The summed E-state index contributed by atoms with van der Waals surface area (Å²) in [5.41, 5.74) is 0. The first-order valence-corrected chi connectivity index (χ1v) is 5.36. The van der Waals surface area contributed by atoms with Crippen molar-refractivity contribution in [2.24, 2.45) is 0 Å². The van der Waals surface area contributed by atoms with Crippen molar-refractivity contribution in [2.45, 2.75) is 31.3 Å². The van der Waals surface area contributed by atoms with Crippen molar-refractivity contribution < 1.29 is 9.90 Å². The molecule has 0 saturated heterocycles. The number of aliphatic carboxylic acids is 1. The summed E-state index contributed by atoms with van der Waals surface area (Å²) in [6.07, 6.45) is 0. The van der Waals surface area contributed by atoms with Gasteiger partial charge < -0.3 is 5.11 Å². The second-order valence-electron chi connectivity index (χ2n) is 2.22. The van der Waals surface area contributed by atoms with Crippen molar-refractivity contribution >= 4 is 27.6 Å². The fourth-order valence-corrected chi connectivity index (χ4v) is 2.12. The molecule has 0 rings (SSSR count). The van der Waals surface area contributed by atoms with E-state index in [0.29, 0.717) is 5.25 Å². The second-order valence-corrected chi connectivity index (χ2v) is 5.41. The van der Waals surface area contributed by atoms with E-state index in [1.807, 2.05) is 13.8 Å². The molecule has 4 heteroatoms. The summed E-state index contributed by atoms with van der Waals surface area (Å²) in [6.45, 7) is 5.79. The Morgan fingerprint density at radius 1 is 1.30 bits per heavy atom. The highest BCUT2D eigenvalue weighted by Gasteiger charge is 2.11. The Kier molecular flexibility index (Phi) is 4.99. The van der Waals surface area contributed by atoms with Crippen LogP contribution in [0.25, 0.3) is 0 Å². The number of carboxylic acid groups (broad SMARTS) is 1. The summed E-state index contributed by atoms with van der Waals surface area (Å²) in [5, 5.41) is 8.65. The van der Waals surface area contributed by atoms with Gasteiger partial charge in [-0.3, -0.25) is 4.79 Å². The van der Waals surface area contributed by atoms with Crippen LogP contribution < -0.4 is 0 Å². The molecule has 0 aliphatic carbocycles. The average Bonchev–Trinajstić information content (AvgIpc) is 1.82. The molecule has 2 nitrogen and oxygen atoms in total. The molecule has 10 heavy (non-hydrogen) atoms. The number of hydrogen-bond acceptors (Lipinski definition) is 3. The third-order valence-corrected chi connectivity index (χ3v) is 4.08. The van der Waals surface area contributed by atoms with Crippen LogP contribution in [0.1, 0.15) is 20.8 Å². The van der Waals surface area contributed by atoms with Crippen molar-refractivity contribution in [3.63, 3.8) is 0 Å². The van der Waals surface area contributed by atoms with E-state index in [4.69, 9.17) is 5.11 Å². The first-order chi connectivity index (χ1) is 4.54. The van der Waals surface area contributed by atoms with Crippen LogP contribution in [0.3, 0.4) is 0 Å². The standard InChI is InChI=1S/C6H12O2S2/c1-4(2)9-10-5(3)6(7)8/h4-5H,1-3H3,(H,7,8). The minimum Gasteiger partial charge on any atom is -0.480 e. The molecule has 0 aromatic carbocycles. The van der Waals surface area contributed by atoms with Crippen LogP contribution in [0.5, 0.6) is 0 Å². The summed E-state index contributed by atoms with van der Waals surface area (Å²) in [7, 11) is 3.01. The molecular formula is C6H12O2S2. The molecule has 0 fully saturated rings. The lowest BCUT2D eigenvalue weighted by Gasteiger charge is -2.06. The van der Waals surface area contributed by atoms with E-state index in [0.717, 1.165) is 0 Å². The minimum atomic E-state index is -0.738. The quantitative estimate of drug-likeness (QED) is 0.673. The van der Waals surface area contributed by atoms with Gasteiger partial charge >= 0.3 is 5.97 Å². The van der Waals surface area contributed by atoms with Crippen molar-refractivity contribution in [1.29, 1.82) is 0 Å². The molecule has 0 aromatic heterocycles. The van der Waals surface area contributed by atoms with Crippen LogP contribution in [-0.2, 0) is 4.79 Å². The molecule has 1 unspecified atom stereocenters. The van der Waals surface area contributed by atoms with Gasteiger partial charge in [-0.05, 0) is 6.92 Å². The van der Waals surface area contributed by atoms with Crippen molar-refractivity contribution in [1.82, 2.24) is 0 Å². The monoisotopic (exact) mass is 180 g/mol. The topological polar surface area (TPSA) is 37.3 Å². The van der Waals surface area contributed by atoms with Gasteiger partial charge in [-0.25, -0.2) is 0 Å². The zero-order valence-electron chi connectivity index (χ0n) is 6.33. The molecule has 0 spiro atoms. The van der Waals surface area contributed by atoms with E-state index in [9.17, 15) is 4.79 Å². The molecule has 0 radical (unpaired) electrons. The highest BCUT2D eigenvalue weighted by Crippen LogP contribution is 2.30. The summed E-state index contributed by atoms with van der Waals surface area (Å²) < 4.78 is 0. The second kappa shape index (κ2) is 4.91. The van der Waals surface area contributed by atoms with Gasteiger partial charge in [0.25, 0.3) is 0 Å². The lowest BCUT2D eigenvalue weighted by Crippen LogP contribution is -2.10. The van der Waals surface area contributed by atoms with Crippen LogP contribution in [-0.4, -0.2) is 21.6 Å². The Morgan fingerprint density at radius 2 is 1.80 bits per heavy atom. The number of rotatable bonds is 4. The molecule has 60 valence electrons. The first kappa shape index (κ1) is 10.2. The Balaban J connectivity index is 3.40. The first-order valence-electron chi connectivity index (χ1n) is 3.09. The number of carbonyl (C=O) groups is 1. The molecule has 0 aliphatic heterocycles. The largest absolute Gasteiger partial charge is 0.480 e. The average molecular weight is 180 g/mol. The van der Waals surface area contributed by atoms with Crippen molar-refractivity contribution in [2.75, 3.05) is 0 Å². The van der Waals surface area contributed by atoms with E-state index >= 15 is 0 Å². The van der Waals surface area contributed by atoms with E-state index in [1.54, 1.807) is 17.7 Å². The molecular weight excluding hydrogens is 168 g/mol. The van der Waals surface area contributed by atoms with Gasteiger partial charge in [0.1, 0.15) is 5.25 Å². The highest BCUT2D eigenvalue weighted by molar-refractivity contribution is 8.77. The molecule has 1 atom stereocenters. The van der Waals surface area contributed by atoms with Crippen LogP contribution in [0.15, 0.2) is 0 Å². The van der Waals surface area contributed by atoms with Gasteiger partial charge in [0, 0.05) is 5.25 Å². The zero-order valence-corrected chi connectivity index (χ0v) is 7.96. The minimum absolute atomic E-state index is 0.299. The van der Waals surface area contributed by atoms with Crippen molar-refractivity contribution in [3.8, 4) is 0 Å². The Bertz CT molecular complexity index is 114. The summed E-state index contributed by atoms with van der Waals surface area (Å²) >= 11 is 0. The molecule has 1 N–H and O–H groups in total. The van der Waals surface area contributed by atoms with Gasteiger partial charge in [-0.1, -0.05) is 35.4 Å². The summed E-state index contributed by atoms with van der Waals surface area (Å²) in [4.78, 5) is 10.3. The Hall–Kier alpha value is 0.170. The van der Waals surface area contributed by atoms with Gasteiger partial charge in [0.2, 0.25) is 0 Å². The third kappa shape index (κ3) is 4.99. The lowest BCUT2D eigenvalue weighted by atomic mass is 10.5. The van der Waals surface area contributed by atoms with E-state index in [-0.39, 0.29) is 5.25 Å². The molecule has 0 aliphatic rings. The maximum atomic E-state index is 10.3. The lowest BCUT2D eigenvalue weighted by molar-refractivity contribution is -0.136.